The van der Waals surface area contributed by atoms with Crippen molar-refractivity contribution in [2.24, 2.45) is 0 Å². The fraction of sp³-hybridized carbons (Fsp3) is 0.0645. The minimum atomic E-state index is -0.377. The highest BCUT2D eigenvalue weighted by molar-refractivity contribution is 7.98. The summed E-state index contributed by atoms with van der Waals surface area (Å²) in [6.45, 7) is 0. The monoisotopic (exact) mass is 682 g/mol. The van der Waals surface area contributed by atoms with Gasteiger partial charge < -0.3 is 16.5 Å². The normalized spacial score (nSPS) is 10.9. The summed E-state index contributed by atoms with van der Waals surface area (Å²) in [5.74, 6) is -0.185. The molecule has 0 aliphatic heterocycles. The number of H-pyrrole nitrogens is 1. The third kappa shape index (κ3) is 7.11. The lowest BCUT2D eigenvalue weighted by molar-refractivity contribution is 0.628. The minimum absolute atomic E-state index is 0.0900. The first-order valence-corrected chi connectivity index (χ1v) is 16.6. The van der Waals surface area contributed by atoms with Gasteiger partial charge in [0.15, 0.2) is 33.2 Å². The van der Waals surface area contributed by atoms with Crippen LogP contribution in [0.3, 0.4) is 0 Å². The van der Waals surface area contributed by atoms with Crippen LogP contribution in [0.2, 0.25) is 5.02 Å². The number of nitrogens with one attached hydrogen (secondary N) is 1. The number of fused-ring (bicyclic) bond motifs is 1. The molecule has 47 heavy (non-hydrogen) atoms. The molecule has 0 fully saturated rings. The largest absolute Gasteiger partial charge is 0.381 e. The Hall–Kier alpha value is -5.25. The van der Waals surface area contributed by atoms with Crippen LogP contribution in [0, 0.1) is 5.82 Å². The van der Waals surface area contributed by atoms with Gasteiger partial charge in [0.2, 0.25) is 0 Å². The molecule has 0 aliphatic rings. The molecule has 7 rings (SSSR count). The number of nitrogens with zero attached hydrogens (tertiary/aromatic N) is 9. The van der Waals surface area contributed by atoms with Crippen molar-refractivity contribution in [1.82, 2.24) is 49.8 Å². The molecule has 0 saturated carbocycles. The van der Waals surface area contributed by atoms with Crippen LogP contribution in [0.5, 0.6) is 0 Å². The molecule has 5 heterocycles. The molecule has 0 radical (unpaired) electrons. The van der Waals surface area contributed by atoms with Gasteiger partial charge in [-0.1, -0.05) is 59.4 Å². The number of imidazole rings is 1. The van der Waals surface area contributed by atoms with Crippen molar-refractivity contribution in [3.63, 3.8) is 0 Å². The van der Waals surface area contributed by atoms with Crippen LogP contribution in [0.1, 0.15) is 0 Å². The zero-order valence-electron chi connectivity index (χ0n) is 24.8. The standard InChI is InChI=1S/C16H11ClN6S.C15H13FN6S/c1-24-16-18-6-5-11(21-16)13-12(9-3-2-4-10(17)7-9)22-14-15(23-13)20-8-19-14;1-23-15-19-6-5-10(20-15)12-11(21-13(17)14(18)22-12)8-3-2-4-9(16)7-8/h2-8H,1H3,(H,19,20,22,23);2-7H,1H3,(H2,17,21)(H2,18,22). The summed E-state index contributed by atoms with van der Waals surface area (Å²) in [5, 5.41) is 1.90. The van der Waals surface area contributed by atoms with Gasteiger partial charge >= 0.3 is 0 Å². The lowest BCUT2D eigenvalue weighted by atomic mass is 10.1. The maximum Gasteiger partial charge on any atom is 0.197 e. The minimum Gasteiger partial charge on any atom is -0.381 e. The first-order valence-electron chi connectivity index (χ1n) is 13.7. The molecule has 5 N–H and O–H groups in total. The highest BCUT2D eigenvalue weighted by Crippen LogP contribution is 2.32. The summed E-state index contributed by atoms with van der Waals surface area (Å²) < 4.78 is 13.6. The second kappa shape index (κ2) is 14.0. The van der Waals surface area contributed by atoms with Crippen molar-refractivity contribution in [3.8, 4) is 45.3 Å². The van der Waals surface area contributed by atoms with Crippen molar-refractivity contribution >= 4 is 58.1 Å². The van der Waals surface area contributed by atoms with Gasteiger partial charge in [-0.25, -0.2) is 49.2 Å². The predicted octanol–water partition coefficient (Wildman–Crippen LogP) is 6.48. The van der Waals surface area contributed by atoms with Crippen LogP contribution in [0.4, 0.5) is 16.0 Å². The van der Waals surface area contributed by atoms with E-state index in [-0.39, 0.29) is 17.5 Å². The Balaban J connectivity index is 0.000000165. The van der Waals surface area contributed by atoms with Crippen molar-refractivity contribution < 1.29 is 4.39 Å². The number of nitrogens with two attached hydrogens (primary N) is 2. The molecule has 2 aromatic carbocycles. The van der Waals surface area contributed by atoms with Crippen LogP contribution < -0.4 is 11.5 Å². The zero-order chi connectivity index (χ0) is 32.9. The highest BCUT2D eigenvalue weighted by Gasteiger charge is 2.18. The Morgan fingerprint density at radius 3 is 1.85 bits per heavy atom. The lowest BCUT2D eigenvalue weighted by Gasteiger charge is -2.11. The molecule has 0 bridgehead atoms. The molecule has 7 aromatic rings. The van der Waals surface area contributed by atoms with Gasteiger partial charge in [-0.2, -0.15) is 0 Å². The zero-order valence-corrected chi connectivity index (χ0v) is 27.1. The van der Waals surface area contributed by atoms with E-state index in [9.17, 15) is 4.39 Å². The maximum atomic E-state index is 13.6. The molecular formula is C31H24ClFN12S2. The number of benzene rings is 2. The van der Waals surface area contributed by atoms with E-state index in [1.807, 2.05) is 42.8 Å². The summed E-state index contributed by atoms with van der Waals surface area (Å²) in [6.07, 6.45) is 8.71. The summed E-state index contributed by atoms with van der Waals surface area (Å²) in [7, 11) is 0. The molecule has 0 spiro atoms. The average Bonchev–Trinajstić information content (AvgIpc) is 3.57. The quantitative estimate of drug-likeness (QED) is 0.128. The molecule has 234 valence electrons. The van der Waals surface area contributed by atoms with E-state index in [1.165, 1.54) is 35.7 Å². The summed E-state index contributed by atoms with van der Waals surface area (Å²) in [4.78, 5) is 42.3. The SMILES string of the molecule is CSc1nccc(-c2nc(N)c(N)nc2-c2cccc(F)c2)n1.CSc1nccc(-c2nc3[nH]cnc3nc2-c2cccc(Cl)c2)n1. The Bertz CT molecular complexity index is 2210. The fourth-order valence-electron chi connectivity index (χ4n) is 4.40. The van der Waals surface area contributed by atoms with Crippen LogP contribution in [-0.2, 0) is 0 Å². The smallest absolute Gasteiger partial charge is 0.197 e. The number of thioether (sulfide) groups is 2. The van der Waals surface area contributed by atoms with Crippen molar-refractivity contribution in [2.75, 3.05) is 24.0 Å². The van der Waals surface area contributed by atoms with Gasteiger partial charge in [0.05, 0.1) is 17.7 Å². The van der Waals surface area contributed by atoms with Crippen LogP contribution >= 0.6 is 35.1 Å². The second-order valence-electron chi connectivity index (χ2n) is 9.56. The summed E-state index contributed by atoms with van der Waals surface area (Å²) in [6, 6.07) is 17.0. The molecule has 0 amide bonds. The number of rotatable bonds is 6. The Labute approximate surface area is 281 Å². The van der Waals surface area contributed by atoms with Crippen molar-refractivity contribution in [3.05, 3.63) is 90.2 Å². The van der Waals surface area contributed by atoms with Crippen LogP contribution in [0.15, 0.2) is 89.7 Å². The fourth-order valence-corrected chi connectivity index (χ4v) is 5.30. The maximum absolute atomic E-state index is 13.6. The number of anilines is 2. The molecule has 0 atom stereocenters. The van der Waals surface area contributed by atoms with E-state index in [4.69, 9.17) is 23.1 Å². The van der Waals surface area contributed by atoms with Crippen molar-refractivity contribution in [2.45, 2.75) is 10.3 Å². The van der Waals surface area contributed by atoms with E-state index >= 15 is 0 Å². The Kier molecular flexibility index (Phi) is 9.47. The molecule has 0 aliphatic carbocycles. The summed E-state index contributed by atoms with van der Waals surface area (Å²) >= 11 is 9.02. The molecule has 12 nitrogen and oxygen atoms in total. The predicted molar refractivity (Wildman–Crippen MR) is 184 cm³/mol. The van der Waals surface area contributed by atoms with E-state index in [1.54, 1.807) is 36.9 Å². The lowest BCUT2D eigenvalue weighted by Crippen LogP contribution is -2.05. The summed E-state index contributed by atoms with van der Waals surface area (Å²) in [5.41, 5.74) is 17.6. The molecule has 0 unspecified atom stereocenters. The molecule has 5 aromatic heterocycles. The van der Waals surface area contributed by atoms with Gasteiger partial charge in [0.25, 0.3) is 0 Å². The van der Waals surface area contributed by atoms with E-state index in [0.717, 1.165) is 5.56 Å². The first-order chi connectivity index (χ1) is 22.8. The van der Waals surface area contributed by atoms with Gasteiger partial charge in [-0.3, -0.25) is 0 Å². The highest BCUT2D eigenvalue weighted by atomic mass is 35.5. The number of halogens is 2. The van der Waals surface area contributed by atoms with Crippen LogP contribution in [-0.4, -0.2) is 62.4 Å². The molecular weight excluding hydrogens is 659 g/mol. The molecule has 16 heteroatoms. The van der Waals surface area contributed by atoms with Crippen LogP contribution in [0.25, 0.3) is 56.6 Å². The Morgan fingerprint density at radius 2 is 1.23 bits per heavy atom. The second-order valence-corrected chi connectivity index (χ2v) is 11.5. The number of aromatic amines is 1. The van der Waals surface area contributed by atoms with Gasteiger partial charge in [-0.05, 0) is 48.9 Å². The number of hydrogen-bond donors (Lipinski definition) is 3. The number of nitrogen functional groups attached to an aromatic ring is 2. The van der Waals surface area contributed by atoms with Gasteiger partial charge in [-0.15, -0.1) is 0 Å². The third-order valence-electron chi connectivity index (χ3n) is 6.53. The topological polar surface area (TPSA) is 184 Å². The van der Waals surface area contributed by atoms with E-state index < -0.39 is 0 Å². The number of aromatic nitrogens is 10. The Morgan fingerprint density at radius 1 is 0.660 bits per heavy atom. The number of hydrogen-bond acceptors (Lipinski definition) is 13. The average molecular weight is 683 g/mol. The first kappa shape index (κ1) is 31.7. The van der Waals surface area contributed by atoms with Crippen molar-refractivity contribution in [1.29, 1.82) is 0 Å². The van der Waals surface area contributed by atoms with E-state index in [2.05, 4.69) is 49.8 Å². The van der Waals surface area contributed by atoms with E-state index in [0.29, 0.717) is 66.4 Å². The van der Waals surface area contributed by atoms with Gasteiger partial charge in [0.1, 0.15) is 28.6 Å². The third-order valence-corrected chi connectivity index (χ3v) is 7.89. The van der Waals surface area contributed by atoms with Gasteiger partial charge in [0, 0.05) is 28.5 Å². The molecule has 0 saturated heterocycles.